The lowest BCUT2D eigenvalue weighted by Crippen LogP contribution is -2.35. The third kappa shape index (κ3) is 4.46. The largest absolute Gasteiger partial charge is 0.339 e. The maximum absolute atomic E-state index is 6.18. The van der Waals surface area contributed by atoms with Crippen LogP contribution in [0, 0.1) is 5.41 Å². The highest BCUT2D eigenvalue weighted by molar-refractivity contribution is 6.31. The number of hydrogen-bond acceptors (Lipinski definition) is 4. The molecule has 0 radical (unpaired) electrons. The van der Waals surface area contributed by atoms with Crippen molar-refractivity contribution in [3.05, 3.63) is 46.6 Å². The Morgan fingerprint density at radius 3 is 2.61 bits per heavy atom. The third-order valence-corrected chi connectivity index (χ3v) is 5.06. The molecule has 126 valence electrons. The van der Waals surface area contributed by atoms with Gasteiger partial charge in [-0.1, -0.05) is 54.2 Å². The summed E-state index contributed by atoms with van der Waals surface area (Å²) < 4.78 is 5.45. The second-order valence-corrected chi connectivity index (χ2v) is 6.72. The second kappa shape index (κ2) is 8.13. The molecule has 0 amide bonds. The van der Waals surface area contributed by atoms with Crippen LogP contribution in [0.25, 0.3) is 0 Å². The van der Waals surface area contributed by atoms with E-state index in [9.17, 15) is 0 Å². The van der Waals surface area contributed by atoms with Gasteiger partial charge in [0.2, 0.25) is 5.89 Å². The molecule has 1 aromatic heterocycles. The van der Waals surface area contributed by atoms with Crippen molar-refractivity contribution in [1.82, 2.24) is 10.1 Å². The molecule has 0 bridgehead atoms. The molecule has 1 aliphatic carbocycles. The van der Waals surface area contributed by atoms with Gasteiger partial charge in [0.25, 0.3) is 0 Å². The number of rotatable bonds is 5. The fourth-order valence-corrected chi connectivity index (χ4v) is 3.52. The number of halogens is 2. The Morgan fingerprint density at radius 2 is 1.91 bits per heavy atom. The molecule has 4 nitrogen and oxygen atoms in total. The van der Waals surface area contributed by atoms with E-state index in [1.54, 1.807) is 0 Å². The average Bonchev–Trinajstić information content (AvgIpc) is 2.97. The fraction of sp³-hybridized carbons (Fsp3) is 0.529. The number of aromatic nitrogens is 2. The number of nitrogens with zero attached hydrogens (tertiary/aromatic N) is 2. The first-order valence-corrected chi connectivity index (χ1v) is 8.33. The van der Waals surface area contributed by atoms with E-state index in [1.165, 1.54) is 19.3 Å². The van der Waals surface area contributed by atoms with E-state index in [4.69, 9.17) is 21.9 Å². The molecule has 1 heterocycles. The predicted octanol–water partition coefficient (Wildman–Crippen LogP) is 4.19. The summed E-state index contributed by atoms with van der Waals surface area (Å²) in [5.41, 5.74) is 7.19. The molecule has 0 saturated heterocycles. The molecule has 1 aromatic carbocycles. The van der Waals surface area contributed by atoms with Crippen molar-refractivity contribution < 1.29 is 4.52 Å². The molecule has 0 atom stereocenters. The minimum Gasteiger partial charge on any atom is -0.339 e. The normalized spacial score (nSPS) is 16.8. The van der Waals surface area contributed by atoms with Crippen molar-refractivity contribution in [2.75, 3.05) is 6.54 Å². The Kier molecular flexibility index (Phi) is 6.45. The Morgan fingerprint density at radius 1 is 1.17 bits per heavy atom. The summed E-state index contributed by atoms with van der Waals surface area (Å²) >= 11 is 6.18. The topological polar surface area (TPSA) is 64.9 Å². The number of hydrogen-bond donors (Lipinski definition) is 1. The van der Waals surface area contributed by atoms with Gasteiger partial charge in [-0.3, -0.25) is 0 Å². The van der Waals surface area contributed by atoms with E-state index in [1.807, 2.05) is 24.3 Å². The monoisotopic (exact) mass is 355 g/mol. The van der Waals surface area contributed by atoms with Gasteiger partial charge >= 0.3 is 0 Å². The summed E-state index contributed by atoms with van der Waals surface area (Å²) in [6, 6.07) is 7.75. The van der Waals surface area contributed by atoms with Crippen LogP contribution in [0.5, 0.6) is 0 Å². The molecule has 1 aliphatic rings. The van der Waals surface area contributed by atoms with E-state index < -0.39 is 0 Å². The minimum atomic E-state index is 0. The van der Waals surface area contributed by atoms with Crippen molar-refractivity contribution in [1.29, 1.82) is 0 Å². The smallest absolute Gasteiger partial charge is 0.227 e. The zero-order chi connectivity index (χ0) is 15.4. The molecule has 2 aromatic rings. The van der Waals surface area contributed by atoms with E-state index in [0.717, 1.165) is 29.8 Å². The van der Waals surface area contributed by atoms with Crippen LogP contribution >= 0.6 is 24.0 Å². The molecule has 23 heavy (non-hydrogen) atoms. The zero-order valence-corrected chi connectivity index (χ0v) is 14.7. The van der Waals surface area contributed by atoms with Crippen molar-refractivity contribution in [3.63, 3.8) is 0 Å². The van der Waals surface area contributed by atoms with Crippen LogP contribution in [0.1, 0.15) is 49.4 Å². The fourth-order valence-electron chi connectivity index (χ4n) is 3.32. The van der Waals surface area contributed by atoms with Crippen LogP contribution in [0.4, 0.5) is 0 Å². The number of nitrogens with two attached hydrogens (primary N) is 1. The molecule has 0 unspecified atom stereocenters. The Bertz CT molecular complexity index is 624. The average molecular weight is 356 g/mol. The van der Waals surface area contributed by atoms with Crippen LogP contribution in [-0.4, -0.2) is 16.7 Å². The number of benzene rings is 1. The molecule has 6 heteroatoms. The lowest BCUT2D eigenvalue weighted by atomic mass is 9.72. The molecular formula is C17H23Cl2N3O. The minimum absolute atomic E-state index is 0. The van der Waals surface area contributed by atoms with Gasteiger partial charge in [-0.05, 0) is 36.4 Å². The standard InChI is InChI=1S/C17H22ClN3O.ClH/c18-14-7-3-2-6-13(14)10-15-20-16(22-21-15)11-17(12-19)8-4-1-5-9-17;/h2-3,6-7H,1,4-5,8-12,19H2;1H. The Balaban J connectivity index is 0.00000192. The summed E-state index contributed by atoms with van der Waals surface area (Å²) in [6.07, 6.45) is 7.51. The maximum Gasteiger partial charge on any atom is 0.227 e. The zero-order valence-electron chi connectivity index (χ0n) is 13.1. The van der Waals surface area contributed by atoms with Crippen molar-refractivity contribution >= 4 is 24.0 Å². The van der Waals surface area contributed by atoms with Crippen LogP contribution < -0.4 is 5.73 Å². The first-order chi connectivity index (χ1) is 10.7. The van der Waals surface area contributed by atoms with E-state index >= 15 is 0 Å². The summed E-state index contributed by atoms with van der Waals surface area (Å²) in [6.45, 7) is 0.690. The van der Waals surface area contributed by atoms with E-state index in [-0.39, 0.29) is 17.8 Å². The van der Waals surface area contributed by atoms with E-state index in [2.05, 4.69) is 10.1 Å². The highest BCUT2D eigenvalue weighted by atomic mass is 35.5. The SMILES string of the molecule is Cl.NCC1(Cc2nc(Cc3ccccc3Cl)no2)CCCCC1. The molecule has 3 rings (SSSR count). The first kappa shape index (κ1) is 18.2. The third-order valence-electron chi connectivity index (χ3n) is 4.69. The lowest BCUT2D eigenvalue weighted by Gasteiger charge is -2.34. The van der Waals surface area contributed by atoms with Crippen LogP contribution in [-0.2, 0) is 12.8 Å². The van der Waals surface area contributed by atoms with Crippen LogP contribution in [0.15, 0.2) is 28.8 Å². The first-order valence-electron chi connectivity index (χ1n) is 7.96. The van der Waals surface area contributed by atoms with Crippen LogP contribution in [0.3, 0.4) is 0 Å². The van der Waals surface area contributed by atoms with Crippen LogP contribution in [0.2, 0.25) is 5.02 Å². The summed E-state index contributed by atoms with van der Waals surface area (Å²) in [5, 5.41) is 4.83. The molecule has 0 aliphatic heterocycles. The predicted molar refractivity (Wildman–Crippen MR) is 94.1 cm³/mol. The maximum atomic E-state index is 6.18. The van der Waals surface area contributed by atoms with Crippen molar-refractivity contribution in [2.24, 2.45) is 11.1 Å². The van der Waals surface area contributed by atoms with Crippen molar-refractivity contribution in [3.8, 4) is 0 Å². The Labute approximate surface area is 148 Å². The molecular weight excluding hydrogens is 333 g/mol. The van der Waals surface area contributed by atoms with Gasteiger partial charge in [0.05, 0.1) is 0 Å². The highest BCUT2D eigenvalue weighted by Crippen LogP contribution is 2.38. The van der Waals surface area contributed by atoms with Gasteiger partial charge in [-0.15, -0.1) is 12.4 Å². The van der Waals surface area contributed by atoms with Gasteiger partial charge in [0, 0.05) is 17.9 Å². The summed E-state index contributed by atoms with van der Waals surface area (Å²) in [4.78, 5) is 4.54. The Hall–Kier alpha value is -1.10. The molecule has 1 saturated carbocycles. The van der Waals surface area contributed by atoms with Gasteiger partial charge in [0.15, 0.2) is 5.82 Å². The van der Waals surface area contributed by atoms with Gasteiger partial charge in [-0.25, -0.2) is 0 Å². The second-order valence-electron chi connectivity index (χ2n) is 6.31. The molecule has 0 spiro atoms. The lowest BCUT2D eigenvalue weighted by molar-refractivity contribution is 0.177. The molecule has 2 N–H and O–H groups in total. The van der Waals surface area contributed by atoms with Crippen molar-refractivity contribution in [2.45, 2.75) is 44.9 Å². The van der Waals surface area contributed by atoms with E-state index in [0.29, 0.717) is 24.7 Å². The van der Waals surface area contributed by atoms with Gasteiger partial charge in [-0.2, -0.15) is 4.98 Å². The van der Waals surface area contributed by atoms with Gasteiger partial charge in [0.1, 0.15) is 0 Å². The summed E-state index contributed by atoms with van der Waals surface area (Å²) in [5.74, 6) is 1.39. The highest BCUT2D eigenvalue weighted by Gasteiger charge is 2.32. The summed E-state index contributed by atoms with van der Waals surface area (Å²) in [7, 11) is 0. The quantitative estimate of drug-likeness (QED) is 0.873. The molecule has 1 fully saturated rings. The van der Waals surface area contributed by atoms with Gasteiger partial charge < -0.3 is 10.3 Å².